The van der Waals surface area contributed by atoms with E-state index in [0.29, 0.717) is 19.3 Å². The highest BCUT2D eigenvalue weighted by molar-refractivity contribution is 14.1. The second kappa shape index (κ2) is 5.63. The number of aliphatic hydroxyl groups is 1. The number of cyclic esters (lactones) is 1. The van der Waals surface area contributed by atoms with Gasteiger partial charge in [-0.2, -0.15) is 0 Å². The third-order valence-corrected chi connectivity index (χ3v) is 9.51. The van der Waals surface area contributed by atoms with Crippen molar-refractivity contribution in [1.29, 1.82) is 0 Å². The van der Waals surface area contributed by atoms with Crippen LogP contribution in [0.3, 0.4) is 0 Å². The van der Waals surface area contributed by atoms with Crippen molar-refractivity contribution >= 4 is 34.5 Å². The second-order valence-electron chi connectivity index (χ2n) is 10.5. The van der Waals surface area contributed by atoms with Crippen molar-refractivity contribution in [2.75, 3.05) is 0 Å². The Kier molecular flexibility index (Phi) is 3.93. The number of hydrogen-bond acceptors (Lipinski definition) is 6. The van der Waals surface area contributed by atoms with Crippen LogP contribution in [0.25, 0.3) is 0 Å². The first kappa shape index (κ1) is 19.5. The van der Waals surface area contributed by atoms with Crippen LogP contribution < -0.4 is 0 Å². The molecule has 28 heavy (non-hydrogen) atoms. The summed E-state index contributed by atoms with van der Waals surface area (Å²) in [5, 5.41) is 11.7. The summed E-state index contributed by atoms with van der Waals surface area (Å²) < 4.78 is 18.1. The van der Waals surface area contributed by atoms with Crippen molar-refractivity contribution in [2.24, 2.45) is 29.1 Å². The molecule has 1 unspecified atom stereocenters. The van der Waals surface area contributed by atoms with Gasteiger partial charge in [-0.25, -0.2) is 0 Å². The molecule has 7 heteroatoms. The molecule has 3 heterocycles. The van der Waals surface area contributed by atoms with Gasteiger partial charge in [0.25, 0.3) is 0 Å². The predicted octanol–water partition coefficient (Wildman–Crippen LogP) is 2.98. The number of ether oxygens (including phenoxy) is 3. The molecule has 5 rings (SSSR count). The zero-order valence-electron chi connectivity index (χ0n) is 16.9. The number of fused-ring (bicyclic) bond motifs is 6. The van der Waals surface area contributed by atoms with Gasteiger partial charge in [0.1, 0.15) is 5.60 Å². The molecule has 2 aliphatic carbocycles. The summed E-state index contributed by atoms with van der Waals surface area (Å²) in [6.45, 7) is 8.07. The van der Waals surface area contributed by atoms with Gasteiger partial charge in [-0.05, 0) is 46.5 Å². The number of halogens is 1. The number of alkyl halides is 1. The molecule has 0 bridgehead atoms. The van der Waals surface area contributed by atoms with E-state index >= 15 is 0 Å². The Morgan fingerprint density at radius 3 is 2.43 bits per heavy atom. The van der Waals surface area contributed by atoms with Crippen molar-refractivity contribution in [3.8, 4) is 0 Å². The standard InChI is InChI=1S/C21H29IO6/c1-10(22)21-19(4,9-15(23)26-21)14-8-20(25)7-11-12(18(2,3)28-17(11)24)5-6-13(20)16(14)27-21/h10-14,16,25H,5-9H2,1-4H3/t10?,11-,12+,13+,14-,16+,19+,20+,21-/m0/s1. The van der Waals surface area contributed by atoms with Crippen molar-refractivity contribution in [2.45, 2.75) is 86.8 Å². The molecule has 0 spiro atoms. The van der Waals surface area contributed by atoms with Crippen LogP contribution in [-0.2, 0) is 23.8 Å². The highest BCUT2D eigenvalue weighted by Gasteiger charge is 2.77. The number of carbonyl (C=O) groups excluding carboxylic acids is 2. The molecule has 156 valence electrons. The molecule has 0 aromatic heterocycles. The van der Waals surface area contributed by atoms with E-state index in [4.69, 9.17) is 14.2 Å². The van der Waals surface area contributed by atoms with Crippen molar-refractivity contribution < 1.29 is 28.9 Å². The Morgan fingerprint density at radius 1 is 1.07 bits per heavy atom. The molecule has 3 aliphatic heterocycles. The zero-order chi connectivity index (χ0) is 20.3. The third-order valence-electron chi connectivity index (χ3n) is 8.69. The molecule has 2 saturated carbocycles. The van der Waals surface area contributed by atoms with Crippen molar-refractivity contribution in [3.05, 3.63) is 0 Å². The summed E-state index contributed by atoms with van der Waals surface area (Å²) in [4.78, 5) is 24.8. The highest BCUT2D eigenvalue weighted by Crippen LogP contribution is 2.68. The molecule has 5 aliphatic rings. The SMILES string of the molecule is CC(I)[C@@]12OC(=O)C[C@]1(C)[C@H]1C[C@]3(O)C[C@@H]4C(=O)OC(C)(C)[C@@H]4CC[C@@H]3[C@H]1O2. The normalized spacial score (nSPS) is 54.9. The summed E-state index contributed by atoms with van der Waals surface area (Å²) >= 11 is 2.29. The monoisotopic (exact) mass is 504 g/mol. The first-order chi connectivity index (χ1) is 12.9. The van der Waals surface area contributed by atoms with Gasteiger partial charge in [-0.1, -0.05) is 29.5 Å². The Morgan fingerprint density at radius 2 is 1.75 bits per heavy atom. The van der Waals surface area contributed by atoms with Crippen LogP contribution in [0.2, 0.25) is 0 Å². The van der Waals surface area contributed by atoms with Crippen LogP contribution in [0.4, 0.5) is 0 Å². The fourth-order valence-electron chi connectivity index (χ4n) is 7.35. The van der Waals surface area contributed by atoms with Gasteiger partial charge in [0, 0.05) is 17.8 Å². The van der Waals surface area contributed by atoms with Gasteiger partial charge in [-0.3, -0.25) is 9.59 Å². The lowest BCUT2D eigenvalue weighted by molar-refractivity contribution is -0.236. The lowest BCUT2D eigenvalue weighted by atomic mass is 9.68. The molecule has 0 radical (unpaired) electrons. The Balaban J connectivity index is 1.51. The maximum Gasteiger partial charge on any atom is 0.310 e. The first-order valence-electron chi connectivity index (χ1n) is 10.4. The van der Waals surface area contributed by atoms with Gasteiger partial charge < -0.3 is 19.3 Å². The van der Waals surface area contributed by atoms with Crippen molar-refractivity contribution in [1.82, 2.24) is 0 Å². The summed E-state index contributed by atoms with van der Waals surface area (Å²) in [6, 6.07) is 0. The van der Waals surface area contributed by atoms with E-state index in [9.17, 15) is 14.7 Å². The van der Waals surface area contributed by atoms with E-state index in [0.717, 1.165) is 12.8 Å². The van der Waals surface area contributed by atoms with Gasteiger partial charge in [0.15, 0.2) is 0 Å². The summed E-state index contributed by atoms with van der Waals surface area (Å²) in [5.41, 5.74) is -1.89. The van der Waals surface area contributed by atoms with Crippen LogP contribution in [-0.4, -0.2) is 44.1 Å². The fourth-order valence-corrected chi connectivity index (χ4v) is 8.34. The summed E-state index contributed by atoms with van der Waals surface area (Å²) in [5.74, 6) is -1.44. The zero-order valence-corrected chi connectivity index (χ0v) is 19.0. The molecule has 1 N–H and O–H groups in total. The average Bonchev–Trinajstić information content (AvgIpc) is 3.09. The largest absolute Gasteiger partial charge is 0.459 e. The molecule has 0 amide bonds. The van der Waals surface area contributed by atoms with Crippen molar-refractivity contribution in [3.63, 3.8) is 0 Å². The van der Waals surface area contributed by atoms with E-state index in [2.05, 4.69) is 29.5 Å². The number of rotatable bonds is 1. The Hall–Kier alpha value is -0.410. The first-order valence-corrected chi connectivity index (χ1v) is 11.7. The Bertz CT molecular complexity index is 751. The van der Waals surface area contributed by atoms with Crippen LogP contribution in [0, 0.1) is 29.1 Å². The minimum Gasteiger partial charge on any atom is -0.459 e. The van der Waals surface area contributed by atoms with Gasteiger partial charge in [0.2, 0.25) is 5.79 Å². The lowest BCUT2D eigenvalue weighted by Gasteiger charge is -2.40. The minimum atomic E-state index is -0.955. The lowest BCUT2D eigenvalue weighted by Crippen LogP contribution is -2.50. The van der Waals surface area contributed by atoms with Gasteiger partial charge in [0.05, 0.1) is 33.4 Å². The minimum absolute atomic E-state index is 0.0133. The quantitative estimate of drug-likeness (QED) is 0.336. The Labute approximate surface area is 179 Å². The maximum absolute atomic E-state index is 12.6. The van der Waals surface area contributed by atoms with Crippen LogP contribution in [0.1, 0.15) is 59.8 Å². The number of carbonyl (C=O) groups is 2. The second-order valence-corrected chi connectivity index (χ2v) is 12.3. The molecular formula is C21H29IO6. The molecule has 3 saturated heterocycles. The summed E-state index contributed by atoms with van der Waals surface area (Å²) in [7, 11) is 0. The molecule has 0 aromatic carbocycles. The molecule has 9 atom stereocenters. The highest BCUT2D eigenvalue weighted by atomic mass is 127. The van der Waals surface area contributed by atoms with Gasteiger partial charge in [-0.15, -0.1) is 0 Å². The van der Waals surface area contributed by atoms with E-state index in [-0.39, 0.29) is 45.6 Å². The third kappa shape index (κ3) is 2.21. The summed E-state index contributed by atoms with van der Waals surface area (Å²) in [6.07, 6.45) is 2.81. The van der Waals surface area contributed by atoms with Crippen LogP contribution >= 0.6 is 22.6 Å². The molecular weight excluding hydrogens is 475 g/mol. The predicted molar refractivity (Wildman–Crippen MR) is 107 cm³/mol. The maximum atomic E-state index is 12.6. The number of esters is 2. The topological polar surface area (TPSA) is 82.1 Å². The molecule has 6 nitrogen and oxygen atoms in total. The van der Waals surface area contributed by atoms with E-state index in [1.807, 2.05) is 20.8 Å². The van der Waals surface area contributed by atoms with E-state index in [1.54, 1.807) is 0 Å². The smallest absolute Gasteiger partial charge is 0.310 e. The van der Waals surface area contributed by atoms with Gasteiger partial charge >= 0.3 is 11.9 Å². The van der Waals surface area contributed by atoms with E-state index in [1.165, 1.54) is 0 Å². The van der Waals surface area contributed by atoms with E-state index < -0.39 is 22.4 Å². The average molecular weight is 504 g/mol. The molecule has 0 aromatic rings. The number of hydrogen-bond donors (Lipinski definition) is 1. The van der Waals surface area contributed by atoms with Crippen LogP contribution in [0.5, 0.6) is 0 Å². The van der Waals surface area contributed by atoms with Crippen LogP contribution in [0.15, 0.2) is 0 Å². The fraction of sp³-hybridized carbons (Fsp3) is 0.905. The molecule has 5 fully saturated rings.